The third-order valence-electron chi connectivity index (χ3n) is 3.50. The van der Waals surface area contributed by atoms with Crippen LogP contribution >= 0.6 is 15.9 Å². The molecule has 2 rings (SSSR count). The van der Waals surface area contributed by atoms with Gasteiger partial charge >= 0.3 is 6.09 Å². The number of rotatable bonds is 1. The molecule has 2 unspecified atom stereocenters. The van der Waals surface area contributed by atoms with Crippen molar-refractivity contribution in [2.75, 3.05) is 6.54 Å². The topological polar surface area (TPSA) is 55.6 Å². The molecule has 1 heterocycles. The van der Waals surface area contributed by atoms with Crippen molar-refractivity contribution in [2.24, 2.45) is 5.73 Å². The number of hydrogen-bond donors (Lipinski definition) is 1. The van der Waals surface area contributed by atoms with Crippen LogP contribution in [0.4, 0.5) is 4.79 Å². The second kappa shape index (κ2) is 6.36. The first-order chi connectivity index (χ1) is 9.76. The normalized spacial score (nSPS) is 23.0. The lowest BCUT2D eigenvalue weighted by molar-refractivity contribution is 0.00796. The molecule has 5 heteroatoms. The first-order valence-corrected chi connectivity index (χ1v) is 8.06. The Kier molecular flexibility index (Phi) is 4.94. The van der Waals surface area contributed by atoms with Crippen LogP contribution in [0.1, 0.15) is 45.2 Å². The summed E-state index contributed by atoms with van der Waals surface area (Å²) in [6, 6.07) is 8.12. The second-order valence-electron chi connectivity index (χ2n) is 6.53. The Morgan fingerprint density at radius 3 is 2.76 bits per heavy atom. The molecule has 21 heavy (non-hydrogen) atoms. The minimum absolute atomic E-state index is 0.0268. The van der Waals surface area contributed by atoms with Crippen molar-refractivity contribution in [3.63, 3.8) is 0 Å². The van der Waals surface area contributed by atoms with Gasteiger partial charge in [-0.25, -0.2) is 4.79 Å². The highest BCUT2D eigenvalue weighted by molar-refractivity contribution is 9.10. The summed E-state index contributed by atoms with van der Waals surface area (Å²) in [7, 11) is 0. The maximum atomic E-state index is 12.4. The lowest BCUT2D eigenvalue weighted by Crippen LogP contribution is -2.46. The molecular weight excluding hydrogens is 332 g/mol. The van der Waals surface area contributed by atoms with Crippen LogP contribution in [-0.2, 0) is 4.74 Å². The Morgan fingerprint density at radius 1 is 1.43 bits per heavy atom. The molecule has 1 aromatic carbocycles. The summed E-state index contributed by atoms with van der Waals surface area (Å²) < 4.78 is 6.53. The number of piperidine rings is 1. The Labute approximate surface area is 134 Å². The zero-order chi connectivity index (χ0) is 15.6. The summed E-state index contributed by atoms with van der Waals surface area (Å²) in [6.45, 7) is 6.28. The molecule has 4 nitrogen and oxygen atoms in total. The van der Waals surface area contributed by atoms with E-state index in [9.17, 15) is 4.79 Å². The van der Waals surface area contributed by atoms with Gasteiger partial charge in [0.15, 0.2) is 0 Å². The van der Waals surface area contributed by atoms with Crippen molar-refractivity contribution >= 4 is 22.0 Å². The van der Waals surface area contributed by atoms with Gasteiger partial charge in [0, 0.05) is 17.1 Å². The first kappa shape index (κ1) is 16.3. The summed E-state index contributed by atoms with van der Waals surface area (Å²) in [5, 5.41) is 0. The molecule has 1 aromatic rings. The molecule has 1 amide bonds. The maximum absolute atomic E-state index is 12.4. The number of nitrogens with zero attached hydrogens (tertiary/aromatic N) is 1. The van der Waals surface area contributed by atoms with Gasteiger partial charge < -0.3 is 15.4 Å². The Hall–Kier alpha value is -1.07. The molecule has 0 bridgehead atoms. The number of carbonyl (C=O) groups excluding carboxylic acids is 1. The molecule has 1 saturated heterocycles. The fraction of sp³-hybridized carbons (Fsp3) is 0.562. The molecule has 2 atom stereocenters. The second-order valence-corrected chi connectivity index (χ2v) is 7.44. The van der Waals surface area contributed by atoms with Crippen molar-refractivity contribution in [3.8, 4) is 0 Å². The van der Waals surface area contributed by atoms with E-state index >= 15 is 0 Å². The van der Waals surface area contributed by atoms with Gasteiger partial charge in [-0.05, 0) is 51.3 Å². The van der Waals surface area contributed by atoms with Gasteiger partial charge in [0.1, 0.15) is 5.60 Å². The zero-order valence-corrected chi connectivity index (χ0v) is 14.4. The van der Waals surface area contributed by atoms with Crippen LogP contribution in [-0.4, -0.2) is 29.2 Å². The minimum atomic E-state index is -0.488. The number of halogens is 1. The molecule has 1 aliphatic rings. The van der Waals surface area contributed by atoms with Crippen LogP contribution in [0.3, 0.4) is 0 Å². The highest BCUT2D eigenvalue weighted by Crippen LogP contribution is 2.32. The number of nitrogens with two attached hydrogens (primary N) is 1. The Balaban J connectivity index is 2.23. The minimum Gasteiger partial charge on any atom is -0.444 e. The van der Waals surface area contributed by atoms with Crippen LogP contribution < -0.4 is 5.73 Å². The van der Waals surface area contributed by atoms with Crippen LogP contribution in [0.15, 0.2) is 28.7 Å². The van der Waals surface area contributed by atoms with Gasteiger partial charge in [-0.1, -0.05) is 28.1 Å². The number of likely N-dealkylation sites (tertiary alicyclic amines) is 1. The fourth-order valence-corrected chi connectivity index (χ4v) is 2.98. The first-order valence-electron chi connectivity index (χ1n) is 7.27. The summed E-state index contributed by atoms with van der Waals surface area (Å²) >= 11 is 3.48. The molecule has 2 N–H and O–H groups in total. The average Bonchev–Trinajstić information content (AvgIpc) is 2.36. The van der Waals surface area contributed by atoms with E-state index in [1.54, 1.807) is 4.90 Å². The van der Waals surface area contributed by atoms with Gasteiger partial charge in [-0.15, -0.1) is 0 Å². The number of hydrogen-bond acceptors (Lipinski definition) is 3. The van der Waals surface area contributed by atoms with Crippen LogP contribution in [0, 0.1) is 0 Å². The third-order valence-corrected chi connectivity index (χ3v) is 4.00. The van der Waals surface area contributed by atoms with E-state index in [4.69, 9.17) is 10.5 Å². The molecule has 1 aliphatic heterocycles. The van der Waals surface area contributed by atoms with E-state index in [1.807, 2.05) is 45.0 Å². The predicted molar refractivity (Wildman–Crippen MR) is 87.0 cm³/mol. The lowest BCUT2D eigenvalue weighted by atomic mass is 9.92. The van der Waals surface area contributed by atoms with Gasteiger partial charge in [-0.2, -0.15) is 0 Å². The van der Waals surface area contributed by atoms with E-state index in [1.165, 1.54) is 0 Å². The zero-order valence-electron chi connectivity index (χ0n) is 12.8. The van der Waals surface area contributed by atoms with E-state index in [2.05, 4.69) is 15.9 Å². The number of benzene rings is 1. The van der Waals surface area contributed by atoms with Crippen molar-refractivity contribution in [3.05, 3.63) is 34.3 Å². The van der Waals surface area contributed by atoms with E-state index in [0.717, 1.165) is 22.9 Å². The predicted octanol–water partition coefficient (Wildman–Crippen LogP) is 3.85. The Bertz CT molecular complexity index is 513. The molecule has 0 radical (unpaired) electrons. The monoisotopic (exact) mass is 354 g/mol. The van der Waals surface area contributed by atoms with Crippen LogP contribution in [0.2, 0.25) is 0 Å². The smallest absolute Gasteiger partial charge is 0.410 e. The third kappa shape index (κ3) is 4.45. The molecular formula is C16H23BrN2O2. The highest BCUT2D eigenvalue weighted by atomic mass is 79.9. The molecule has 0 aliphatic carbocycles. The van der Waals surface area contributed by atoms with Crippen LogP contribution in [0.5, 0.6) is 0 Å². The molecule has 1 fully saturated rings. The van der Waals surface area contributed by atoms with Crippen molar-refractivity contribution < 1.29 is 9.53 Å². The van der Waals surface area contributed by atoms with E-state index in [-0.39, 0.29) is 18.2 Å². The van der Waals surface area contributed by atoms with Gasteiger partial charge in [-0.3, -0.25) is 0 Å². The van der Waals surface area contributed by atoms with Crippen molar-refractivity contribution in [1.82, 2.24) is 4.90 Å². The summed E-state index contributed by atoms with van der Waals surface area (Å²) in [5.74, 6) is 0. The number of amides is 1. The van der Waals surface area contributed by atoms with Crippen molar-refractivity contribution in [1.29, 1.82) is 0 Å². The largest absolute Gasteiger partial charge is 0.444 e. The SMILES string of the molecule is CC(C)(C)OC(=O)N1CCC(N)CC1c1cccc(Br)c1. The van der Waals surface area contributed by atoms with Crippen LogP contribution in [0.25, 0.3) is 0 Å². The quantitative estimate of drug-likeness (QED) is 0.833. The molecule has 0 saturated carbocycles. The summed E-state index contributed by atoms with van der Waals surface area (Å²) in [4.78, 5) is 14.2. The fourth-order valence-electron chi connectivity index (χ4n) is 2.56. The lowest BCUT2D eigenvalue weighted by Gasteiger charge is -2.39. The Morgan fingerprint density at radius 2 is 2.14 bits per heavy atom. The van der Waals surface area contributed by atoms with Crippen molar-refractivity contribution in [2.45, 2.75) is 51.3 Å². The average molecular weight is 355 g/mol. The highest BCUT2D eigenvalue weighted by Gasteiger charge is 2.34. The van der Waals surface area contributed by atoms with Gasteiger partial charge in [0.25, 0.3) is 0 Å². The number of ether oxygens (including phenoxy) is 1. The van der Waals surface area contributed by atoms with Gasteiger partial charge in [0.05, 0.1) is 6.04 Å². The van der Waals surface area contributed by atoms with E-state index in [0.29, 0.717) is 6.54 Å². The van der Waals surface area contributed by atoms with E-state index < -0.39 is 5.60 Å². The molecule has 0 aromatic heterocycles. The van der Waals surface area contributed by atoms with Gasteiger partial charge in [0.2, 0.25) is 0 Å². The maximum Gasteiger partial charge on any atom is 0.410 e. The number of carbonyl (C=O) groups is 1. The standard InChI is InChI=1S/C16H23BrN2O2/c1-16(2,3)21-15(20)19-8-7-13(18)10-14(19)11-5-4-6-12(17)9-11/h4-6,9,13-14H,7-8,10,18H2,1-3H3. The summed E-state index contributed by atoms with van der Waals surface area (Å²) in [5.41, 5.74) is 6.70. The molecule has 0 spiro atoms. The summed E-state index contributed by atoms with van der Waals surface area (Å²) in [6.07, 6.45) is 1.30. The molecule has 116 valence electrons.